The summed E-state index contributed by atoms with van der Waals surface area (Å²) in [7, 11) is 0.705. The molecule has 0 saturated carbocycles. The van der Waals surface area contributed by atoms with Gasteiger partial charge in [-0.25, -0.2) is 8.42 Å². The maximum absolute atomic E-state index is 13.7. The van der Waals surface area contributed by atoms with Crippen LogP contribution in [0.3, 0.4) is 0 Å². The summed E-state index contributed by atoms with van der Waals surface area (Å²) in [6.07, 6.45) is 0. The molecule has 30 heavy (non-hydrogen) atoms. The van der Waals surface area contributed by atoms with E-state index in [0.29, 0.717) is 22.9 Å². The third-order valence-electron chi connectivity index (χ3n) is 4.87. The smallest absolute Gasteiger partial charge is 0.264 e. The van der Waals surface area contributed by atoms with E-state index in [1.807, 2.05) is 37.3 Å². The van der Waals surface area contributed by atoms with Crippen LogP contribution in [0.4, 0.5) is 5.69 Å². The lowest BCUT2D eigenvalue weighted by Gasteiger charge is -2.31. The molecule has 0 aliphatic rings. The summed E-state index contributed by atoms with van der Waals surface area (Å²) >= 11 is 0. The van der Waals surface area contributed by atoms with E-state index in [1.54, 1.807) is 42.5 Å². The fourth-order valence-electron chi connectivity index (χ4n) is 3.26. The number of hydrogen-bond acceptors (Lipinski definition) is 5. The van der Waals surface area contributed by atoms with E-state index < -0.39 is 16.1 Å². The van der Waals surface area contributed by atoms with Crippen molar-refractivity contribution in [3.8, 4) is 17.2 Å². The predicted molar refractivity (Wildman–Crippen MR) is 117 cm³/mol. The molecule has 0 radical (unpaired) electrons. The Morgan fingerprint density at radius 2 is 1.40 bits per heavy atom. The molecule has 0 fully saturated rings. The number of rotatable bonds is 8. The minimum atomic E-state index is -3.89. The molecule has 1 unspecified atom stereocenters. The molecule has 1 atom stereocenters. The summed E-state index contributed by atoms with van der Waals surface area (Å²) in [5.41, 5.74) is 1.34. The summed E-state index contributed by atoms with van der Waals surface area (Å²) in [4.78, 5) is 0.167. The van der Waals surface area contributed by atoms with Crippen molar-refractivity contribution in [3.05, 3.63) is 78.4 Å². The van der Waals surface area contributed by atoms with E-state index in [0.717, 1.165) is 5.56 Å². The summed E-state index contributed by atoms with van der Waals surface area (Å²) in [6.45, 7) is 1.85. The number of benzene rings is 3. The van der Waals surface area contributed by atoms with Crippen molar-refractivity contribution in [1.82, 2.24) is 0 Å². The topological polar surface area (TPSA) is 65.1 Å². The van der Waals surface area contributed by atoms with Gasteiger partial charge in [-0.3, -0.25) is 4.31 Å². The van der Waals surface area contributed by atoms with Crippen LogP contribution < -0.4 is 18.5 Å². The van der Waals surface area contributed by atoms with E-state index in [9.17, 15) is 8.42 Å². The van der Waals surface area contributed by atoms with Crippen molar-refractivity contribution in [1.29, 1.82) is 0 Å². The first-order valence-electron chi connectivity index (χ1n) is 9.38. The van der Waals surface area contributed by atoms with Crippen molar-refractivity contribution in [2.45, 2.75) is 17.9 Å². The van der Waals surface area contributed by atoms with Crippen LogP contribution in [0, 0.1) is 0 Å². The number of sulfonamides is 1. The van der Waals surface area contributed by atoms with Gasteiger partial charge in [-0.1, -0.05) is 30.3 Å². The molecule has 3 aromatic carbocycles. The van der Waals surface area contributed by atoms with Gasteiger partial charge in [0.15, 0.2) is 11.5 Å². The molecule has 0 N–H and O–H groups in total. The molecule has 0 aliphatic heterocycles. The zero-order valence-corrected chi connectivity index (χ0v) is 18.2. The third kappa shape index (κ3) is 4.21. The molecule has 0 aromatic heterocycles. The van der Waals surface area contributed by atoms with Crippen molar-refractivity contribution in [2.24, 2.45) is 0 Å². The Balaban J connectivity index is 2.16. The van der Waals surface area contributed by atoms with E-state index in [-0.39, 0.29) is 4.90 Å². The van der Waals surface area contributed by atoms with E-state index >= 15 is 0 Å². The fraction of sp³-hybridized carbons (Fsp3) is 0.217. The van der Waals surface area contributed by atoms with Crippen molar-refractivity contribution in [3.63, 3.8) is 0 Å². The number of ether oxygens (including phenoxy) is 3. The number of nitrogens with zero attached hydrogens (tertiary/aromatic N) is 1. The number of methoxy groups -OCH3 is 3. The zero-order chi connectivity index (χ0) is 21.7. The minimum Gasteiger partial charge on any atom is -0.497 e. The molecular formula is C23H25NO5S. The average molecular weight is 428 g/mol. The van der Waals surface area contributed by atoms with Crippen LogP contribution in [0.15, 0.2) is 77.7 Å². The number of hydrogen-bond donors (Lipinski definition) is 0. The second-order valence-corrected chi connectivity index (χ2v) is 8.42. The molecule has 3 aromatic rings. The van der Waals surface area contributed by atoms with E-state index in [2.05, 4.69) is 0 Å². The second kappa shape index (κ2) is 9.09. The highest BCUT2D eigenvalue weighted by Gasteiger charge is 2.31. The van der Waals surface area contributed by atoms with Crippen LogP contribution in [0.25, 0.3) is 0 Å². The molecule has 158 valence electrons. The van der Waals surface area contributed by atoms with Crippen molar-refractivity contribution >= 4 is 15.7 Å². The van der Waals surface area contributed by atoms with Crippen LogP contribution >= 0.6 is 0 Å². The van der Waals surface area contributed by atoms with Crippen LogP contribution in [0.1, 0.15) is 18.5 Å². The highest BCUT2D eigenvalue weighted by Crippen LogP contribution is 2.38. The Kier molecular flexibility index (Phi) is 6.52. The zero-order valence-electron chi connectivity index (χ0n) is 17.4. The first-order valence-corrected chi connectivity index (χ1v) is 10.8. The van der Waals surface area contributed by atoms with Gasteiger partial charge in [-0.2, -0.15) is 0 Å². The predicted octanol–water partition coefficient (Wildman–Crippen LogP) is 4.67. The Morgan fingerprint density at radius 1 is 0.767 bits per heavy atom. The van der Waals surface area contributed by atoms with Gasteiger partial charge in [0.1, 0.15) is 5.75 Å². The van der Waals surface area contributed by atoms with E-state index in [4.69, 9.17) is 14.2 Å². The largest absolute Gasteiger partial charge is 0.497 e. The highest BCUT2D eigenvalue weighted by molar-refractivity contribution is 7.92. The molecule has 0 heterocycles. The molecule has 0 amide bonds. The van der Waals surface area contributed by atoms with Gasteiger partial charge in [0.25, 0.3) is 10.0 Å². The van der Waals surface area contributed by atoms with Crippen LogP contribution in [-0.4, -0.2) is 29.7 Å². The Bertz CT molecular complexity index is 1080. The van der Waals surface area contributed by atoms with Crippen molar-refractivity contribution in [2.75, 3.05) is 25.6 Å². The fourth-order valence-corrected chi connectivity index (χ4v) is 4.90. The lowest BCUT2D eigenvalue weighted by Crippen LogP contribution is -2.33. The maximum atomic E-state index is 13.7. The Hall–Kier alpha value is -3.19. The van der Waals surface area contributed by atoms with Crippen LogP contribution in [0.5, 0.6) is 17.2 Å². The Morgan fingerprint density at radius 3 is 1.97 bits per heavy atom. The Labute approximate surface area is 177 Å². The molecule has 3 rings (SSSR count). The first-order chi connectivity index (χ1) is 14.4. The normalized spacial score (nSPS) is 12.1. The monoisotopic (exact) mass is 427 g/mol. The average Bonchev–Trinajstić information content (AvgIpc) is 2.79. The molecule has 0 saturated heterocycles. The maximum Gasteiger partial charge on any atom is 0.264 e. The second-order valence-electron chi connectivity index (χ2n) is 6.60. The summed E-state index contributed by atoms with van der Waals surface area (Å²) in [6, 6.07) is 20.4. The molecule has 0 bridgehead atoms. The van der Waals surface area contributed by atoms with Gasteiger partial charge in [0, 0.05) is 6.07 Å². The van der Waals surface area contributed by atoms with Gasteiger partial charge in [-0.15, -0.1) is 0 Å². The molecular weight excluding hydrogens is 402 g/mol. The van der Waals surface area contributed by atoms with Gasteiger partial charge in [0.05, 0.1) is 38.0 Å². The molecule has 6 nitrogen and oxygen atoms in total. The lowest BCUT2D eigenvalue weighted by molar-refractivity contribution is 0.355. The quantitative estimate of drug-likeness (QED) is 0.523. The molecule has 0 aliphatic carbocycles. The lowest BCUT2D eigenvalue weighted by atomic mass is 10.1. The summed E-state index contributed by atoms with van der Waals surface area (Å²) < 4.78 is 44.7. The van der Waals surface area contributed by atoms with Crippen LogP contribution in [0.2, 0.25) is 0 Å². The first kappa shape index (κ1) is 21.5. The van der Waals surface area contributed by atoms with Crippen LogP contribution in [-0.2, 0) is 10.0 Å². The van der Waals surface area contributed by atoms with Crippen molar-refractivity contribution < 1.29 is 22.6 Å². The van der Waals surface area contributed by atoms with Gasteiger partial charge < -0.3 is 14.2 Å². The summed E-state index contributed by atoms with van der Waals surface area (Å²) in [5.74, 6) is 1.56. The molecule has 0 spiro atoms. The minimum absolute atomic E-state index is 0.167. The standard InChI is InChI=1S/C23H25NO5S/c1-17(18-8-6-5-7-9-18)24(19-10-15-22(28-3)23(16-19)29-4)30(25,26)21-13-11-20(27-2)12-14-21/h5-17H,1-4H3. The SMILES string of the molecule is COc1ccc(S(=O)(=O)N(c2ccc(OC)c(OC)c2)C(C)c2ccccc2)cc1. The van der Waals surface area contributed by atoms with Gasteiger partial charge in [-0.05, 0) is 48.9 Å². The number of anilines is 1. The summed E-state index contributed by atoms with van der Waals surface area (Å²) in [5, 5.41) is 0. The van der Waals surface area contributed by atoms with Gasteiger partial charge in [0.2, 0.25) is 0 Å². The third-order valence-corrected chi connectivity index (χ3v) is 6.78. The highest BCUT2D eigenvalue weighted by atomic mass is 32.2. The molecule has 7 heteroatoms. The van der Waals surface area contributed by atoms with Gasteiger partial charge >= 0.3 is 0 Å². The van der Waals surface area contributed by atoms with E-state index in [1.165, 1.54) is 25.6 Å².